The van der Waals surface area contributed by atoms with E-state index in [9.17, 15) is 4.79 Å². The van der Waals surface area contributed by atoms with Crippen LogP contribution in [0, 0.1) is 0 Å². The van der Waals surface area contributed by atoms with Gasteiger partial charge in [-0.25, -0.2) is 0 Å². The second kappa shape index (κ2) is 7.68. The molecule has 0 N–H and O–H groups in total. The summed E-state index contributed by atoms with van der Waals surface area (Å²) in [6, 6.07) is 0.351. The number of piperidine rings is 1. The molecule has 5 heteroatoms. The second-order valence-electron chi connectivity index (χ2n) is 7.31. The summed E-state index contributed by atoms with van der Waals surface area (Å²) >= 11 is 0. The molecule has 24 heavy (non-hydrogen) atoms. The Balaban J connectivity index is 1.76. The zero-order valence-corrected chi connectivity index (χ0v) is 15.3. The van der Waals surface area contributed by atoms with E-state index >= 15 is 0 Å². The molecule has 2 unspecified atom stereocenters. The number of carbonyl (C=O) groups excluding carboxylic acids is 1. The lowest BCUT2D eigenvalue weighted by molar-refractivity contribution is 0.00206. The van der Waals surface area contributed by atoms with Crippen LogP contribution in [0.4, 0.5) is 0 Å². The van der Waals surface area contributed by atoms with Crippen molar-refractivity contribution in [3.05, 3.63) is 17.5 Å². The number of nitrogens with zero attached hydrogens (tertiary/aromatic N) is 3. The van der Waals surface area contributed by atoms with Crippen LogP contribution in [-0.2, 0) is 4.74 Å². The van der Waals surface area contributed by atoms with Gasteiger partial charge in [0.15, 0.2) is 0 Å². The minimum absolute atomic E-state index is 0.149. The van der Waals surface area contributed by atoms with Crippen molar-refractivity contribution in [2.45, 2.75) is 77.4 Å². The van der Waals surface area contributed by atoms with E-state index in [1.807, 2.05) is 4.90 Å². The van der Waals surface area contributed by atoms with Crippen molar-refractivity contribution in [2.75, 3.05) is 19.7 Å². The number of hydrogen-bond donors (Lipinski definition) is 0. The zero-order chi connectivity index (χ0) is 17.1. The molecule has 5 nitrogen and oxygen atoms in total. The molecule has 1 amide bonds. The number of likely N-dealkylation sites (tertiary alicyclic amines) is 1. The molecule has 3 rings (SSSR count). The van der Waals surface area contributed by atoms with Crippen molar-refractivity contribution in [1.29, 1.82) is 0 Å². The van der Waals surface area contributed by atoms with Crippen molar-refractivity contribution >= 4 is 5.91 Å². The van der Waals surface area contributed by atoms with E-state index in [-0.39, 0.29) is 12.0 Å². The molecule has 1 aromatic heterocycles. The third kappa shape index (κ3) is 3.66. The van der Waals surface area contributed by atoms with Gasteiger partial charge >= 0.3 is 0 Å². The van der Waals surface area contributed by atoms with Gasteiger partial charge in [0.2, 0.25) is 0 Å². The normalized spacial score (nSPS) is 22.6. The van der Waals surface area contributed by atoms with Gasteiger partial charge in [0, 0.05) is 31.7 Å². The molecule has 1 aliphatic heterocycles. The molecule has 0 radical (unpaired) electrons. The average molecular weight is 333 g/mol. The summed E-state index contributed by atoms with van der Waals surface area (Å²) in [4.78, 5) is 15.1. The molecule has 0 bridgehead atoms. The fraction of sp³-hybridized carbons (Fsp3) is 0.789. The fourth-order valence-electron chi connectivity index (χ4n) is 3.54. The minimum Gasteiger partial charge on any atom is -0.376 e. The van der Waals surface area contributed by atoms with Crippen LogP contribution in [0.1, 0.15) is 87.3 Å². The molecule has 2 atom stereocenters. The predicted molar refractivity (Wildman–Crippen MR) is 94.4 cm³/mol. The first-order valence-electron chi connectivity index (χ1n) is 9.63. The monoisotopic (exact) mass is 333 g/mol. The van der Waals surface area contributed by atoms with Crippen LogP contribution in [0.3, 0.4) is 0 Å². The van der Waals surface area contributed by atoms with Gasteiger partial charge < -0.3 is 9.64 Å². The SMILES string of the molecule is CCCOC1CCCN(C(=O)c2cnn(C(C)CC)c2C2CC2)C1. The van der Waals surface area contributed by atoms with Crippen LogP contribution in [0.5, 0.6) is 0 Å². The molecular formula is C19H31N3O2. The minimum atomic E-state index is 0.149. The quantitative estimate of drug-likeness (QED) is 0.763. The number of hydrogen-bond acceptors (Lipinski definition) is 3. The van der Waals surface area contributed by atoms with Gasteiger partial charge in [0.05, 0.1) is 23.6 Å². The highest BCUT2D eigenvalue weighted by Gasteiger charge is 2.35. The largest absolute Gasteiger partial charge is 0.376 e. The van der Waals surface area contributed by atoms with Crippen molar-refractivity contribution < 1.29 is 9.53 Å². The van der Waals surface area contributed by atoms with Crippen LogP contribution < -0.4 is 0 Å². The van der Waals surface area contributed by atoms with E-state index in [1.165, 1.54) is 18.5 Å². The lowest BCUT2D eigenvalue weighted by Gasteiger charge is -2.32. The van der Waals surface area contributed by atoms with Crippen LogP contribution in [-0.4, -0.2) is 46.4 Å². The van der Waals surface area contributed by atoms with Gasteiger partial charge in [-0.15, -0.1) is 0 Å². The summed E-state index contributed by atoms with van der Waals surface area (Å²) in [5.74, 6) is 0.675. The molecule has 134 valence electrons. The highest BCUT2D eigenvalue weighted by Crippen LogP contribution is 2.43. The Hall–Kier alpha value is -1.36. The van der Waals surface area contributed by atoms with Crippen LogP contribution in [0.15, 0.2) is 6.20 Å². The van der Waals surface area contributed by atoms with Gasteiger partial charge in [0.1, 0.15) is 0 Å². The summed E-state index contributed by atoms with van der Waals surface area (Å²) in [5, 5.41) is 4.57. The maximum absolute atomic E-state index is 13.1. The molecule has 2 heterocycles. The number of aromatic nitrogens is 2. The van der Waals surface area contributed by atoms with Crippen molar-refractivity contribution in [3.63, 3.8) is 0 Å². The summed E-state index contributed by atoms with van der Waals surface area (Å²) in [5.41, 5.74) is 2.00. The first kappa shape index (κ1) is 17.5. The fourth-order valence-corrected chi connectivity index (χ4v) is 3.54. The van der Waals surface area contributed by atoms with Crippen LogP contribution in [0.2, 0.25) is 0 Å². The maximum Gasteiger partial charge on any atom is 0.257 e. The Morgan fingerprint density at radius 2 is 2.17 bits per heavy atom. The summed E-state index contributed by atoms with van der Waals surface area (Å²) in [7, 11) is 0. The maximum atomic E-state index is 13.1. The first-order valence-corrected chi connectivity index (χ1v) is 9.63. The van der Waals surface area contributed by atoms with Gasteiger partial charge in [-0.05, 0) is 45.4 Å². The number of ether oxygens (including phenoxy) is 1. The molecule has 2 fully saturated rings. The molecular weight excluding hydrogens is 302 g/mol. The molecule has 1 saturated carbocycles. The Labute approximate surface area is 145 Å². The molecule has 2 aliphatic rings. The summed E-state index contributed by atoms with van der Waals surface area (Å²) < 4.78 is 7.98. The summed E-state index contributed by atoms with van der Waals surface area (Å²) in [6.45, 7) is 8.82. The van der Waals surface area contributed by atoms with E-state index in [1.54, 1.807) is 6.20 Å². The summed E-state index contributed by atoms with van der Waals surface area (Å²) in [6.07, 6.45) is 8.51. The Kier molecular flexibility index (Phi) is 5.59. The topological polar surface area (TPSA) is 47.4 Å². The number of rotatable bonds is 7. The number of amides is 1. The third-order valence-corrected chi connectivity index (χ3v) is 5.26. The van der Waals surface area contributed by atoms with Gasteiger partial charge in [-0.1, -0.05) is 13.8 Å². The second-order valence-corrected chi connectivity index (χ2v) is 7.31. The number of carbonyl (C=O) groups is 1. The standard InChI is InChI=1S/C19H31N3O2/c1-4-11-24-16-7-6-10-21(13-16)19(23)17-12-20-22(14(3)5-2)18(17)15-8-9-15/h12,14-16H,4-11,13H2,1-3H3. The predicted octanol–water partition coefficient (Wildman–Crippen LogP) is 3.76. The van der Waals surface area contributed by atoms with Crippen LogP contribution >= 0.6 is 0 Å². The molecule has 1 aliphatic carbocycles. The lowest BCUT2D eigenvalue weighted by Crippen LogP contribution is -2.43. The van der Waals surface area contributed by atoms with E-state index in [4.69, 9.17) is 4.74 Å². The smallest absolute Gasteiger partial charge is 0.257 e. The van der Waals surface area contributed by atoms with Gasteiger partial charge in [-0.3, -0.25) is 9.48 Å². The zero-order valence-electron chi connectivity index (χ0n) is 15.3. The van der Waals surface area contributed by atoms with Crippen molar-refractivity contribution in [1.82, 2.24) is 14.7 Å². The lowest BCUT2D eigenvalue weighted by atomic mass is 10.1. The van der Waals surface area contributed by atoms with Crippen LogP contribution in [0.25, 0.3) is 0 Å². The van der Waals surface area contributed by atoms with E-state index < -0.39 is 0 Å². The Morgan fingerprint density at radius 1 is 1.38 bits per heavy atom. The van der Waals surface area contributed by atoms with E-state index in [0.29, 0.717) is 12.0 Å². The highest BCUT2D eigenvalue weighted by molar-refractivity contribution is 5.95. The first-order chi connectivity index (χ1) is 11.7. The molecule has 1 aromatic rings. The van der Waals surface area contributed by atoms with Crippen molar-refractivity contribution in [2.24, 2.45) is 0 Å². The van der Waals surface area contributed by atoms with Gasteiger partial charge in [0.25, 0.3) is 5.91 Å². The van der Waals surface area contributed by atoms with E-state index in [2.05, 4.69) is 30.6 Å². The van der Waals surface area contributed by atoms with Crippen molar-refractivity contribution in [3.8, 4) is 0 Å². The highest BCUT2D eigenvalue weighted by atomic mass is 16.5. The molecule has 0 spiro atoms. The molecule has 0 aromatic carbocycles. The van der Waals surface area contributed by atoms with Gasteiger partial charge in [-0.2, -0.15) is 5.10 Å². The molecule has 1 saturated heterocycles. The van der Waals surface area contributed by atoms with E-state index in [0.717, 1.165) is 50.9 Å². The Morgan fingerprint density at radius 3 is 2.83 bits per heavy atom. The Bertz CT molecular complexity index is 565. The third-order valence-electron chi connectivity index (χ3n) is 5.26. The average Bonchev–Trinajstić information content (AvgIpc) is 3.37.